The summed E-state index contributed by atoms with van der Waals surface area (Å²) in [5.41, 5.74) is 0.540. The number of nitrogens with zero attached hydrogens (tertiary/aromatic N) is 3. The van der Waals surface area contributed by atoms with Gasteiger partial charge in [-0.1, -0.05) is 11.6 Å². The molecule has 1 heterocycles. The van der Waals surface area contributed by atoms with Gasteiger partial charge in [-0.2, -0.15) is 0 Å². The van der Waals surface area contributed by atoms with Crippen LogP contribution >= 0.6 is 35.6 Å². The van der Waals surface area contributed by atoms with Gasteiger partial charge in [-0.3, -0.25) is 9.79 Å². The third-order valence-corrected chi connectivity index (χ3v) is 3.84. The molecule has 1 rings (SSSR count). The lowest BCUT2D eigenvalue weighted by molar-refractivity contribution is -0.128. The maximum Gasteiger partial charge on any atom is 0.227 e. The monoisotopic (exact) mass is 469 g/mol. The predicted molar refractivity (Wildman–Crippen MR) is 111 cm³/mol. The second-order valence-corrected chi connectivity index (χ2v) is 6.69. The number of nitrogens with one attached hydrogen (secondary N) is 2. The van der Waals surface area contributed by atoms with Crippen LogP contribution in [0.25, 0.3) is 0 Å². The highest BCUT2D eigenvalue weighted by Gasteiger charge is 2.26. The summed E-state index contributed by atoms with van der Waals surface area (Å²) < 4.78 is 2.00. The molecule has 2 N–H and O–H groups in total. The minimum absolute atomic E-state index is 0. The molecule has 0 bridgehead atoms. The van der Waals surface area contributed by atoms with Crippen molar-refractivity contribution in [2.75, 3.05) is 27.2 Å². The summed E-state index contributed by atoms with van der Waals surface area (Å²) in [4.78, 5) is 18.5. The van der Waals surface area contributed by atoms with Gasteiger partial charge in [-0.25, -0.2) is 0 Å². The molecule has 1 aromatic heterocycles. The maximum absolute atomic E-state index is 11.9. The first-order chi connectivity index (χ1) is 10.7. The zero-order chi connectivity index (χ0) is 17.6. The van der Waals surface area contributed by atoms with Gasteiger partial charge < -0.3 is 20.1 Å². The number of aryl methyl sites for hydroxylation is 1. The van der Waals surface area contributed by atoms with Crippen molar-refractivity contribution in [3.05, 3.63) is 23.0 Å². The van der Waals surface area contributed by atoms with Crippen LogP contribution in [0.3, 0.4) is 0 Å². The summed E-state index contributed by atoms with van der Waals surface area (Å²) in [6.07, 6.45) is 1.88. The molecule has 8 heteroatoms. The molecule has 0 atom stereocenters. The molecule has 0 saturated heterocycles. The second-order valence-electron chi connectivity index (χ2n) is 6.25. The smallest absolute Gasteiger partial charge is 0.227 e. The van der Waals surface area contributed by atoms with E-state index in [-0.39, 0.29) is 29.9 Å². The van der Waals surface area contributed by atoms with E-state index < -0.39 is 5.41 Å². The number of amides is 1. The third kappa shape index (κ3) is 6.51. The van der Waals surface area contributed by atoms with Crippen LogP contribution in [-0.2, 0) is 18.4 Å². The fraction of sp³-hybridized carbons (Fsp3) is 0.625. The third-order valence-electron chi connectivity index (χ3n) is 3.64. The molecule has 138 valence electrons. The van der Waals surface area contributed by atoms with Crippen LogP contribution in [0.15, 0.2) is 17.3 Å². The van der Waals surface area contributed by atoms with E-state index in [0.29, 0.717) is 13.1 Å². The summed E-state index contributed by atoms with van der Waals surface area (Å²) in [6, 6.07) is 1.94. The standard InChI is InChI=1S/C16H28ClN5O.HI/c1-7-19-15(20-11-16(2,3)14(23)18-4)22(6)10-13-8-12(17)9-21(13)5;/h8-9H,7,10-11H2,1-6H3,(H,18,23)(H,19,20);1H. The Hall–Kier alpha value is -0.960. The van der Waals surface area contributed by atoms with E-state index in [0.717, 1.165) is 23.2 Å². The first kappa shape index (κ1) is 23.0. The van der Waals surface area contributed by atoms with E-state index in [4.69, 9.17) is 11.6 Å². The second kappa shape index (κ2) is 10.1. The van der Waals surface area contributed by atoms with Crippen LogP contribution in [0.1, 0.15) is 26.5 Å². The molecular weight excluding hydrogens is 441 g/mol. The van der Waals surface area contributed by atoms with Crippen LogP contribution in [-0.4, -0.2) is 48.5 Å². The first-order valence-corrected chi connectivity index (χ1v) is 8.11. The zero-order valence-corrected chi connectivity index (χ0v) is 18.4. The number of hydrogen-bond donors (Lipinski definition) is 2. The average Bonchev–Trinajstić information content (AvgIpc) is 2.80. The number of rotatable bonds is 6. The van der Waals surface area contributed by atoms with Gasteiger partial charge in [0.05, 0.1) is 23.5 Å². The molecule has 0 aliphatic heterocycles. The van der Waals surface area contributed by atoms with Crippen LogP contribution in [0.5, 0.6) is 0 Å². The Kier molecular flexibility index (Phi) is 9.72. The molecule has 0 aliphatic rings. The van der Waals surface area contributed by atoms with E-state index >= 15 is 0 Å². The lowest BCUT2D eigenvalue weighted by Gasteiger charge is -2.25. The largest absolute Gasteiger partial charge is 0.359 e. The first-order valence-electron chi connectivity index (χ1n) is 7.73. The molecule has 6 nitrogen and oxygen atoms in total. The highest BCUT2D eigenvalue weighted by atomic mass is 127. The average molecular weight is 470 g/mol. The topological polar surface area (TPSA) is 61.7 Å². The Balaban J connectivity index is 0.00000529. The van der Waals surface area contributed by atoms with Gasteiger partial charge >= 0.3 is 0 Å². The Bertz CT molecular complexity index is 571. The van der Waals surface area contributed by atoms with Crippen LogP contribution in [0.4, 0.5) is 0 Å². The minimum Gasteiger partial charge on any atom is -0.359 e. The number of carbonyl (C=O) groups excluding carboxylic acids is 1. The number of hydrogen-bond acceptors (Lipinski definition) is 2. The molecule has 0 aliphatic carbocycles. The van der Waals surface area contributed by atoms with Crippen molar-refractivity contribution in [1.29, 1.82) is 0 Å². The molecule has 1 amide bonds. The molecule has 0 fully saturated rings. The molecule has 0 saturated carbocycles. The van der Waals surface area contributed by atoms with Crippen molar-refractivity contribution in [3.63, 3.8) is 0 Å². The van der Waals surface area contributed by atoms with Crippen molar-refractivity contribution >= 4 is 47.4 Å². The molecule has 0 unspecified atom stereocenters. The fourth-order valence-corrected chi connectivity index (χ4v) is 2.47. The predicted octanol–water partition coefficient (Wildman–Crippen LogP) is 2.47. The summed E-state index contributed by atoms with van der Waals surface area (Å²) in [7, 11) is 5.58. The maximum atomic E-state index is 11.9. The molecule has 0 spiro atoms. The number of carbonyl (C=O) groups is 1. The van der Waals surface area contributed by atoms with Crippen LogP contribution < -0.4 is 10.6 Å². The molecule has 24 heavy (non-hydrogen) atoms. The number of halogens is 2. The normalized spacial score (nSPS) is 11.7. The summed E-state index contributed by atoms with van der Waals surface area (Å²) >= 11 is 6.03. The van der Waals surface area contributed by atoms with Crippen molar-refractivity contribution in [2.45, 2.75) is 27.3 Å². The van der Waals surface area contributed by atoms with Gasteiger partial charge in [-0.05, 0) is 26.8 Å². The fourth-order valence-electron chi connectivity index (χ4n) is 2.19. The molecular formula is C16H29ClIN5O. The summed E-state index contributed by atoms with van der Waals surface area (Å²) in [5.74, 6) is 0.746. The Morgan fingerprint density at radius 2 is 2.08 bits per heavy atom. The highest BCUT2D eigenvalue weighted by Crippen LogP contribution is 2.16. The van der Waals surface area contributed by atoms with Gasteiger partial charge in [0.25, 0.3) is 0 Å². The van der Waals surface area contributed by atoms with E-state index in [9.17, 15) is 4.79 Å². The number of guanidine groups is 1. The van der Waals surface area contributed by atoms with Gasteiger partial charge in [0.2, 0.25) is 5.91 Å². The van der Waals surface area contributed by atoms with Crippen molar-refractivity contribution in [2.24, 2.45) is 17.5 Å². The van der Waals surface area contributed by atoms with Gasteiger partial charge in [0.1, 0.15) is 0 Å². The highest BCUT2D eigenvalue weighted by molar-refractivity contribution is 14.0. The van der Waals surface area contributed by atoms with Gasteiger partial charge in [-0.15, -0.1) is 24.0 Å². The summed E-state index contributed by atoms with van der Waals surface area (Å²) in [5, 5.41) is 6.66. The van der Waals surface area contributed by atoms with Crippen molar-refractivity contribution in [3.8, 4) is 0 Å². The van der Waals surface area contributed by atoms with E-state index in [1.807, 2.05) is 56.6 Å². The van der Waals surface area contributed by atoms with Crippen molar-refractivity contribution < 1.29 is 4.79 Å². The van der Waals surface area contributed by atoms with E-state index in [1.165, 1.54) is 0 Å². The Morgan fingerprint density at radius 3 is 2.54 bits per heavy atom. The van der Waals surface area contributed by atoms with Gasteiger partial charge in [0, 0.05) is 39.6 Å². The lowest BCUT2D eigenvalue weighted by atomic mass is 9.93. The molecule has 0 radical (unpaired) electrons. The Labute approximate surface area is 167 Å². The van der Waals surface area contributed by atoms with Crippen LogP contribution in [0, 0.1) is 5.41 Å². The molecule has 1 aromatic rings. The van der Waals surface area contributed by atoms with Gasteiger partial charge in [0.15, 0.2) is 5.96 Å². The summed E-state index contributed by atoms with van der Waals surface area (Å²) in [6.45, 7) is 7.64. The number of aromatic nitrogens is 1. The number of aliphatic imine (C=N–C) groups is 1. The van der Waals surface area contributed by atoms with Crippen LogP contribution in [0.2, 0.25) is 5.02 Å². The van der Waals surface area contributed by atoms with E-state index in [2.05, 4.69) is 15.6 Å². The Morgan fingerprint density at radius 1 is 1.46 bits per heavy atom. The van der Waals surface area contributed by atoms with Crippen molar-refractivity contribution in [1.82, 2.24) is 20.1 Å². The lowest BCUT2D eigenvalue weighted by Crippen LogP contribution is -2.41. The zero-order valence-electron chi connectivity index (χ0n) is 15.3. The minimum atomic E-state index is -0.551. The molecule has 0 aromatic carbocycles. The SMILES string of the molecule is CCNC(=NCC(C)(C)C(=O)NC)N(C)Cc1cc(Cl)cn1C.I. The quantitative estimate of drug-likeness (QED) is 0.382. The van der Waals surface area contributed by atoms with E-state index in [1.54, 1.807) is 7.05 Å².